The molecule has 1 N–H and O–H groups in total. The van der Waals surface area contributed by atoms with Crippen LogP contribution in [0.25, 0.3) is 0 Å². The van der Waals surface area contributed by atoms with Crippen LogP contribution < -0.4 is 4.72 Å². The zero-order chi connectivity index (χ0) is 18.9. The third-order valence-corrected chi connectivity index (χ3v) is 5.94. The second-order valence-corrected chi connectivity index (χ2v) is 8.04. The first-order valence-electron chi connectivity index (χ1n) is 8.55. The molecule has 0 saturated carbocycles. The Kier molecular flexibility index (Phi) is 4.45. The molecule has 0 saturated heterocycles. The number of benzene rings is 2. The molecule has 138 valence electrons. The van der Waals surface area contributed by atoms with Gasteiger partial charge < -0.3 is 9.32 Å². The fourth-order valence-electron chi connectivity index (χ4n) is 3.16. The van der Waals surface area contributed by atoms with E-state index in [1.54, 1.807) is 59.5 Å². The number of anilines is 1. The van der Waals surface area contributed by atoms with E-state index >= 15 is 0 Å². The molecule has 3 aromatic rings. The lowest BCUT2D eigenvalue weighted by Gasteiger charge is -2.28. The van der Waals surface area contributed by atoms with Gasteiger partial charge in [0.05, 0.1) is 11.2 Å². The number of carbonyl (C=O) groups excluding carboxylic acids is 1. The quantitative estimate of drug-likeness (QED) is 0.751. The van der Waals surface area contributed by atoms with Crippen molar-refractivity contribution in [1.29, 1.82) is 0 Å². The molecule has 1 aromatic heterocycles. The topological polar surface area (TPSA) is 79.6 Å². The van der Waals surface area contributed by atoms with E-state index in [9.17, 15) is 13.2 Å². The summed E-state index contributed by atoms with van der Waals surface area (Å²) in [6.07, 6.45) is 2.19. The van der Waals surface area contributed by atoms with E-state index in [1.165, 1.54) is 6.26 Å². The smallest absolute Gasteiger partial charge is 0.289 e. The van der Waals surface area contributed by atoms with Gasteiger partial charge in [-0.05, 0) is 53.9 Å². The van der Waals surface area contributed by atoms with Gasteiger partial charge in [-0.1, -0.05) is 24.3 Å². The third kappa shape index (κ3) is 3.59. The van der Waals surface area contributed by atoms with E-state index in [1.807, 2.05) is 6.07 Å². The van der Waals surface area contributed by atoms with Crippen molar-refractivity contribution in [2.45, 2.75) is 17.9 Å². The average molecular weight is 382 g/mol. The molecule has 1 aliphatic rings. The minimum atomic E-state index is -3.65. The highest BCUT2D eigenvalue weighted by Gasteiger charge is 2.24. The molecule has 0 aliphatic carbocycles. The summed E-state index contributed by atoms with van der Waals surface area (Å²) in [4.78, 5) is 14.4. The van der Waals surface area contributed by atoms with Crippen LogP contribution in [0.4, 0.5) is 5.69 Å². The van der Waals surface area contributed by atoms with Gasteiger partial charge in [0.15, 0.2) is 5.76 Å². The average Bonchev–Trinajstić information content (AvgIpc) is 3.22. The van der Waals surface area contributed by atoms with Crippen molar-refractivity contribution in [2.24, 2.45) is 0 Å². The summed E-state index contributed by atoms with van der Waals surface area (Å²) in [5.74, 6) is 0.139. The second kappa shape index (κ2) is 6.92. The Morgan fingerprint density at radius 3 is 2.56 bits per heavy atom. The highest BCUT2D eigenvalue weighted by atomic mass is 32.2. The van der Waals surface area contributed by atoms with Crippen molar-refractivity contribution in [3.63, 3.8) is 0 Å². The van der Waals surface area contributed by atoms with Gasteiger partial charge in [-0.25, -0.2) is 8.42 Å². The molecule has 27 heavy (non-hydrogen) atoms. The minimum absolute atomic E-state index is 0.166. The maximum Gasteiger partial charge on any atom is 0.289 e. The van der Waals surface area contributed by atoms with Gasteiger partial charge in [0.2, 0.25) is 0 Å². The number of nitrogens with one attached hydrogen (secondary N) is 1. The Bertz CT molecular complexity index is 1060. The zero-order valence-electron chi connectivity index (χ0n) is 14.5. The van der Waals surface area contributed by atoms with Gasteiger partial charge in [0, 0.05) is 18.8 Å². The molecule has 7 heteroatoms. The van der Waals surface area contributed by atoms with Crippen LogP contribution in [0.1, 0.15) is 21.7 Å². The Labute approximate surface area is 157 Å². The standard InChI is InChI=1S/C20H18N2O4S/c23-20(19-7-4-12-26-19)22-11-10-15-8-9-17(13-16(15)14-22)21-27(24,25)18-5-2-1-3-6-18/h1-9,12-13,21H,10-11,14H2. The maximum atomic E-state index is 12.5. The van der Waals surface area contributed by atoms with E-state index in [-0.39, 0.29) is 10.8 Å². The van der Waals surface area contributed by atoms with Crippen molar-refractivity contribution in [1.82, 2.24) is 4.90 Å². The zero-order valence-corrected chi connectivity index (χ0v) is 15.3. The summed E-state index contributed by atoms with van der Waals surface area (Å²) in [5, 5.41) is 0. The number of hydrogen-bond acceptors (Lipinski definition) is 4. The summed E-state index contributed by atoms with van der Waals surface area (Å²) in [6, 6.07) is 17.0. The first-order chi connectivity index (χ1) is 13.0. The fourth-order valence-corrected chi connectivity index (χ4v) is 4.23. The number of rotatable bonds is 4. The molecule has 2 aromatic carbocycles. The van der Waals surface area contributed by atoms with Gasteiger partial charge in [0.1, 0.15) is 0 Å². The van der Waals surface area contributed by atoms with Crippen molar-refractivity contribution in [3.8, 4) is 0 Å². The van der Waals surface area contributed by atoms with Gasteiger partial charge in [-0.15, -0.1) is 0 Å². The number of fused-ring (bicyclic) bond motifs is 1. The van der Waals surface area contributed by atoms with E-state index in [2.05, 4.69) is 4.72 Å². The summed E-state index contributed by atoms with van der Waals surface area (Å²) in [5.41, 5.74) is 2.51. The molecule has 4 rings (SSSR count). The number of hydrogen-bond donors (Lipinski definition) is 1. The van der Waals surface area contributed by atoms with Crippen LogP contribution in [0.3, 0.4) is 0 Å². The van der Waals surface area contributed by atoms with Crippen LogP contribution in [-0.4, -0.2) is 25.8 Å². The number of sulfonamides is 1. The van der Waals surface area contributed by atoms with Crippen molar-refractivity contribution >= 4 is 21.6 Å². The van der Waals surface area contributed by atoms with Crippen molar-refractivity contribution in [3.05, 3.63) is 83.8 Å². The molecule has 0 atom stereocenters. The van der Waals surface area contributed by atoms with Gasteiger partial charge >= 0.3 is 0 Å². The second-order valence-electron chi connectivity index (χ2n) is 6.36. The predicted molar refractivity (Wildman–Crippen MR) is 101 cm³/mol. The molecule has 1 amide bonds. The number of nitrogens with zero attached hydrogens (tertiary/aromatic N) is 1. The van der Waals surface area contributed by atoms with Crippen molar-refractivity contribution < 1.29 is 17.6 Å². The molecule has 2 heterocycles. The molecular formula is C20H18N2O4S. The van der Waals surface area contributed by atoms with E-state index in [0.717, 1.165) is 11.1 Å². The summed E-state index contributed by atoms with van der Waals surface area (Å²) in [7, 11) is -3.65. The molecule has 0 unspecified atom stereocenters. The minimum Gasteiger partial charge on any atom is -0.459 e. The lowest BCUT2D eigenvalue weighted by Crippen LogP contribution is -2.35. The lowest BCUT2D eigenvalue weighted by molar-refractivity contribution is 0.0702. The van der Waals surface area contributed by atoms with Crippen LogP contribution >= 0.6 is 0 Å². The largest absolute Gasteiger partial charge is 0.459 e. The molecule has 0 spiro atoms. The Balaban J connectivity index is 1.55. The van der Waals surface area contributed by atoms with Crippen LogP contribution in [0.15, 0.2) is 76.2 Å². The Hall–Kier alpha value is -3.06. The van der Waals surface area contributed by atoms with E-state index in [0.29, 0.717) is 31.0 Å². The third-order valence-electron chi connectivity index (χ3n) is 4.54. The van der Waals surface area contributed by atoms with Gasteiger partial charge in [0.25, 0.3) is 15.9 Å². The van der Waals surface area contributed by atoms with Crippen LogP contribution in [-0.2, 0) is 23.0 Å². The van der Waals surface area contributed by atoms with Crippen LogP contribution in [0.5, 0.6) is 0 Å². The molecule has 0 radical (unpaired) electrons. The van der Waals surface area contributed by atoms with Crippen LogP contribution in [0, 0.1) is 0 Å². The number of furan rings is 1. The molecule has 0 fully saturated rings. The lowest BCUT2D eigenvalue weighted by atomic mass is 9.99. The van der Waals surface area contributed by atoms with E-state index < -0.39 is 10.0 Å². The first kappa shape index (κ1) is 17.4. The normalized spacial score (nSPS) is 13.9. The Morgan fingerprint density at radius 1 is 1.00 bits per heavy atom. The van der Waals surface area contributed by atoms with E-state index in [4.69, 9.17) is 4.42 Å². The highest BCUT2D eigenvalue weighted by Crippen LogP contribution is 2.25. The molecule has 0 bridgehead atoms. The monoisotopic (exact) mass is 382 g/mol. The van der Waals surface area contributed by atoms with Gasteiger partial charge in [-0.3, -0.25) is 9.52 Å². The predicted octanol–water partition coefficient (Wildman–Crippen LogP) is 3.28. The number of amides is 1. The molecule has 6 nitrogen and oxygen atoms in total. The number of carbonyl (C=O) groups is 1. The highest BCUT2D eigenvalue weighted by molar-refractivity contribution is 7.92. The summed E-state index contributed by atoms with van der Waals surface area (Å²) < 4.78 is 32.8. The SMILES string of the molecule is O=C(c1ccco1)N1CCc2ccc(NS(=O)(=O)c3ccccc3)cc2C1. The first-order valence-corrected chi connectivity index (χ1v) is 10.0. The summed E-state index contributed by atoms with van der Waals surface area (Å²) in [6.45, 7) is 1.01. The van der Waals surface area contributed by atoms with Crippen molar-refractivity contribution in [2.75, 3.05) is 11.3 Å². The maximum absolute atomic E-state index is 12.5. The molecule has 1 aliphatic heterocycles. The fraction of sp³-hybridized carbons (Fsp3) is 0.150. The van der Waals surface area contributed by atoms with Crippen LogP contribution in [0.2, 0.25) is 0 Å². The molecular weight excluding hydrogens is 364 g/mol. The van der Waals surface area contributed by atoms with Gasteiger partial charge in [-0.2, -0.15) is 0 Å². The summed E-state index contributed by atoms with van der Waals surface area (Å²) >= 11 is 0. The Morgan fingerprint density at radius 2 is 1.81 bits per heavy atom.